The Bertz CT molecular complexity index is 883. The van der Waals surface area contributed by atoms with Gasteiger partial charge in [0.05, 0.1) is 18.8 Å². The third-order valence-corrected chi connectivity index (χ3v) is 3.59. The molecule has 3 heterocycles. The minimum absolute atomic E-state index is 0.210. The second-order valence-corrected chi connectivity index (χ2v) is 4.91. The molecule has 0 aliphatic carbocycles. The third-order valence-electron chi connectivity index (χ3n) is 3.59. The maximum absolute atomic E-state index is 11.6. The van der Waals surface area contributed by atoms with Crippen LogP contribution >= 0.6 is 0 Å². The fraction of sp³-hybridized carbons (Fsp3) is 0.200. The van der Waals surface area contributed by atoms with Crippen LogP contribution in [0.5, 0.6) is 5.88 Å². The number of imidazole rings is 1. The van der Waals surface area contributed by atoms with Crippen LogP contribution in [-0.2, 0) is 11.3 Å². The number of hydrogen-bond donors (Lipinski definition) is 0. The Labute approximate surface area is 131 Å². The van der Waals surface area contributed by atoms with Gasteiger partial charge in [-0.1, -0.05) is 12.1 Å². The molecule has 8 heteroatoms. The number of benzene rings is 1. The van der Waals surface area contributed by atoms with Crippen molar-refractivity contribution in [1.82, 2.24) is 24.3 Å². The first-order valence-corrected chi connectivity index (χ1v) is 7.16. The zero-order chi connectivity index (χ0) is 15.8. The highest BCUT2D eigenvalue weighted by atomic mass is 16.7. The highest BCUT2D eigenvalue weighted by molar-refractivity contribution is 5.70. The van der Waals surface area contributed by atoms with Gasteiger partial charge in [-0.15, -0.1) is 0 Å². The summed E-state index contributed by atoms with van der Waals surface area (Å²) in [7, 11) is 0. The Morgan fingerprint density at radius 2 is 2.17 bits per heavy atom. The largest absolute Gasteiger partial charge is 0.515 e. The summed E-state index contributed by atoms with van der Waals surface area (Å²) in [6.45, 7) is 2.34. The standard InChI is InChI=1S/C15H13N5O3/c1-2-22-15(21)23-14-12-7-20-13(16-8-18-20)10-5-3-4-6-11(10)19(12)9-17-14/h3-6,8-9H,2,7H2,1H3. The van der Waals surface area contributed by atoms with E-state index in [1.165, 1.54) is 6.33 Å². The van der Waals surface area contributed by atoms with Crippen LogP contribution < -0.4 is 4.74 Å². The lowest BCUT2D eigenvalue weighted by molar-refractivity contribution is 0.102. The average Bonchev–Trinajstić information content (AvgIpc) is 3.13. The van der Waals surface area contributed by atoms with E-state index in [2.05, 4.69) is 15.1 Å². The molecule has 1 aliphatic rings. The van der Waals surface area contributed by atoms with Crippen LogP contribution in [0.2, 0.25) is 0 Å². The summed E-state index contributed by atoms with van der Waals surface area (Å²) in [6.07, 6.45) is 2.35. The van der Waals surface area contributed by atoms with E-state index in [4.69, 9.17) is 9.47 Å². The fourth-order valence-electron chi connectivity index (χ4n) is 2.62. The Morgan fingerprint density at radius 1 is 1.30 bits per heavy atom. The molecule has 0 N–H and O–H groups in total. The second kappa shape index (κ2) is 5.24. The molecule has 0 fully saturated rings. The van der Waals surface area contributed by atoms with Gasteiger partial charge in [-0.3, -0.25) is 4.57 Å². The number of nitrogens with zero attached hydrogens (tertiary/aromatic N) is 5. The Kier molecular flexibility index (Phi) is 3.07. The molecule has 8 nitrogen and oxygen atoms in total. The van der Waals surface area contributed by atoms with Crippen molar-refractivity contribution in [2.75, 3.05) is 6.61 Å². The third kappa shape index (κ3) is 2.15. The molecule has 3 aromatic rings. The van der Waals surface area contributed by atoms with Crippen LogP contribution in [-0.4, -0.2) is 37.1 Å². The van der Waals surface area contributed by atoms with Crippen LogP contribution in [0.25, 0.3) is 17.1 Å². The fourth-order valence-corrected chi connectivity index (χ4v) is 2.62. The van der Waals surface area contributed by atoms with Crippen molar-refractivity contribution in [2.24, 2.45) is 0 Å². The van der Waals surface area contributed by atoms with Crippen molar-refractivity contribution < 1.29 is 14.3 Å². The van der Waals surface area contributed by atoms with Crippen LogP contribution in [0.1, 0.15) is 12.6 Å². The lowest BCUT2D eigenvalue weighted by Gasteiger charge is -2.08. The highest BCUT2D eigenvalue weighted by Gasteiger charge is 2.25. The van der Waals surface area contributed by atoms with Gasteiger partial charge in [-0.25, -0.2) is 19.4 Å². The van der Waals surface area contributed by atoms with Crippen molar-refractivity contribution in [2.45, 2.75) is 13.5 Å². The normalized spacial score (nSPS) is 11.9. The zero-order valence-electron chi connectivity index (χ0n) is 12.3. The summed E-state index contributed by atoms with van der Waals surface area (Å²) in [6, 6.07) is 7.80. The molecule has 4 rings (SSSR count). The SMILES string of the molecule is CCOC(=O)Oc1ncn2c1Cn1ncnc1-c1ccccc1-2. The molecule has 1 aromatic carbocycles. The molecular formula is C15H13N5O3. The van der Waals surface area contributed by atoms with Gasteiger partial charge in [0.1, 0.15) is 18.3 Å². The number of aromatic nitrogens is 5. The molecule has 0 saturated carbocycles. The molecule has 2 aromatic heterocycles. The van der Waals surface area contributed by atoms with Gasteiger partial charge in [0.15, 0.2) is 5.82 Å². The molecule has 0 unspecified atom stereocenters. The van der Waals surface area contributed by atoms with Gasteiger partial charge in [0.2, 0.25) is 5.88 Å². The van der Waals surface area contributed by atoms with Gasteiger partial charge >= 0.3 is 6.16 Å². The number of para-hydroxylation sites is 1. The van der Waals surface area contributed by atoms with E-state index in [1.807, 2.05) is 28.8 Å². The van der Waals surface area contributed by atoms with Gasteiger partial charge in [-0.05, 0) is 19.1 Å². The molecular weight excluding hydrogens is 298 g/mol. The second-order valence-electron chi connectivity index (χ2n) is 4.91. The van der Waals surface area contributed by atoms with Gasteiger partial charge < -0.3 is 9.47 Å². The Balaban J connectivity index is 1.85. The molecule has 116 valence electrons. The molecule has 0 saturated heterocycles. The summed E-state index contributed by atoms with van der Waals surface area (Å²) >= 11 is 0. The van der Waals surface area contributed by atoms with E-state index in [0.29, 0.717) is 12.2 Å². The molecule has 0 radical (unpaired) electrons. The highest BCUT2D eigenvalue weighted by Crippen LogP contribution is 2.32. The number of rotatable bonds is 2. The topological polar surface area (TPSA) is 84.1 Å². The lowest BCUT2D eigenvalue weighted by atomic mass is 10.1. The molecule has 1 aliphatic heterocycles. The molecule has 0 bridgehead atoms. The number of carbonyl (C=O) groups excluding carboxylic acids is 1. The molecule has 0 amide bonds. The van der Waals surface area contributed by atoms with Crippen LogP contribution in [0.15, 0.2) is 36.9 Å². The summed E-state index contributed by atoms with van der Waals surface area (Å²) in [5.41, 5.74) is 2.54. The van der Waals surface area contributed by atoms with Crippen molar-refractivity contribution >= 4 is 6.16 Å². The summed E-state index contributed by atoms with van der Waals surface area (Å²) in [5, 5.41) is 4.24. The minimum Gasteiger partial charge on any atom is -0.434 e. The molecule has 0 atom stereocenters. The van der Waals surface area contributed by atoms with Gasteiger partial charge in [0.25, 0.3) is 0 Å². The monoisotopic (exact) mass is 311 g/mol. The van der Waals surface area contributed by atoms with Crippen molar-refractivity contribution in [1.29, 1.82) is 0 Å². The summed E-state index contributed by atoms with van der Waals surface area (Å²) < 4.78 is 13.6. The van der Waals surface area contributed by atoms with Crippen molar-refractivity contribution in [3.63, 3.8) is 0 Å². The lowest BCUT2D eigenvalue weighted by Crippen LogP contribution is -2.13. The number of ether oxygens (including phenoxy) is 2. The van der Waals surface area contributed by atoms with Crippen LogP contribution in [0, 0.1) is 0 Å². The summed E-state index contributed by atoms with van der Waals surface area (Å²) in [4.78, 5) is 20.1. The van der Waals surface area contributed by atoms with E-state index in [-0.39, 0.29) is 12.5 Å². The average molecular weight is 311 g/mol. The van der Waals surface area contributed by atoms with Gasteiger partial charge in [0, 0.05) is 5.56 Å². The number of carbonyl (C=O) groups is 1. The van der Waals surface area contributed by atoms with Crippen molar-refractivity contribution in [3.8, 4) is 23.0 Å². The van der Waals surface area contributed by atoms with E-state index in [9.17, 15) is 4.79 Å². The Hall–Kier alpha value is -3.16. The first-order valence-electron chi connectivity index (χ1n) is 7.16. The van der Waals surface area contributed by atoms with Crippen LogP contribution in [0.4, 0.5) is 4.79 Å². The molecule has 23 heavy (non-hydrogen) atoms. The van der Waals surface area contributed by atoms with Crippen LogP contribution in [0.3, 0.4) is 0 Å². The smallest absolute Gasteiger partial charge is 0.434 e. The maximum atomic E-state index is 11.6. The first kappa shape index (κ1) is 13.5. The van der Waals surface area contributed by atoms with E-state index < -0.39 is 6.16 Å². The van der Waals surface area contributed by atoms with Crippen molar-refractivity contribution in [3.05, 3.63) is 42.6 Å². The predicted molar refractivity (Wildman–Crippen MR) is 79.3 cm³/mol. The number of hydrogen-bond acceptors (Lipinski definition) is 6. The van der Waals surface area contributed by atoms with E-state index in [1.54, 1.807) is 17.9 Å². The molecule has 0 spiro atoms. The maximum Gasteiger partial charge on any atom is 0.515 e. The van der Waals surface area contributed by atoms with Gasteiger partial charge in [-0.2, -0.15) is 5.10 Å². The summed E-state index contributed by atoms with van der Waals surface area (Å²) in [5.74, 6) is 0.966. The number of fused-ring (bicyclic) bond motifs is 5. The quantitative estimate of drug-likeness (QED) is 0.527. The van der Waals surface area contributed by atoms with E-state index >= 15 is 0 Å². The van der Waals surface area contributed by atoms with E-state index in [0.717, 1.165) is 17.1 Å². The first-order chi connectivity index (χ1) is 11.3. The minimum atomic E-state index is -0.773. The zero-order valence-corrected chi connectivity index (χ0v) is 12.3. The Morgan fingerprint density at radius 3 is 3.04 bits per heavy atom. The predicted octanol–water partition coefficient (Wildman–Crippen LogP) is 2.03.